The number of anilines is 1. The number of carbonyl (C=O) groups excluding carboxylic acids is 2. The van der Waals surface area contributed by atoms with E-state index in [0.717, 1.165) is 31.7 Å². The highest BCUT2D eigenvalue weighted by Gasteiger charge is 2.22. The highest BCUT2D eigenvalue weighted by Crippen LogP contribution is 2.31. The Labute approximate surface area is 160 Å². The van der Waals surface area contributed by atoms with E-state index in [1.807, 2.05) is 0 Å². The van der Waals surface area contributed by atoms with Gasteiger partial charge in [-0.25, -0.2) is 9.48 Å². The Hall–Kier alpha value is -3.43. The van der Waals surface area contributed by atoms with Gasteiger partial charge >= 0.3 is 11.7 Å². The minimum atomic E-state index is -0.701. The molecule has 10 nitrogen and oxygen atoms in total. The third-order valence-corrected chi connectivity index (χ3v) is 4.54. The molecule has 3 rings (SSSR count). The summed E-state index contributed by atoms with van der Waals surface area (Å²) in [6.45, 7) is -0.422. The number of carbonyl (C=O) groups is 2. The molecule has 0 atom stereocenters. The van der Waals surface area contributed by atoms with E-state index < -0.39 is 29.1 Å². The van der Waals surface area contributed by atoms with Gasteiger partial charge in [0.2, 0.25) is 0 Å². The Morgan fingerprint density at radius 1 is 1.32 bits per heavy atom. The predicted molar refractivity (Wildman–Crippen MR) is 98.3 cm³/mol. The van der Waals surface area contributed by atoms with Gasteiger partial charge in [-0.1, -0.05) is 12.8 Å². The van der Waals surface area contributed by atoms with E-state index in [2.05, 4.69) is 15.2 Å². The fourth-order valence-electron chi connectivity index (χ4n) is 3.20. The molecule has 1 aromatic heterocycles. The Morgan fingerprint density at radius 3 is 2.75 bits per heavy atom. The third kappa shape index (κ3) is 4.27. The van der Waals surface area contributed by atoms with E-state index in [9.17, 15) is 19.7 Å². The van der Waals surface area contributed by atoms with Crippen molar-refractivity contribution < 1.29 is 24.0 Å². The first kappa shape index (κ1) is 19.3. The number of amides is 1. The molecule has 1 saturated carbocycles. The Kier molecular flexibility index (Phi) is 5.87. The number of esters is 1. The standard InChI is InChI=1S/C18H20N4O6/c1-27-18(24)12-6-7-15(14(10-12)22(25)26)28-11-17(23)20-16-8-9-19-21(16)13-4-2-3-5-13/h6-10,13H,2-5,11H2,1H3,(H,20,23). The van der Waals surface area contributed by atoms with Crippen LogP contribution in [0.3, 0.4) is 0 Å². The SMILES string of the molecule is COC(=O)c1ccc(OCC(=O)Nc2ccnn2C2CCCC2)c([N+](=O)[O-])c1. The number of nitro groups is 1. The number of rotatable bonds is 7. The summed E-state index contributed by atoms with van der Waals surface area (Å²) in [6.07, 6.45) is 5.91. The largest absolute Gasteiger partial charge is 0.477 e. The molecule has 1 amide bonds. The van der Waals surface area contributed by atoms with E-state index >= 15 is 0 Å². The molecular weight excluding hydrogens is 368 g/mol. The van der Waals surface area contributed by atoms with Crippen LogP contribution in [0.2, 0.25) is 0 Å². The maximum Gasteiger partial charge on any atom is 0.338 e. The zero-order valence-electron chi connectivity index (χ0n) is 15.3. The molecule has 0 saturated heterocycles. The number of nitrogens with one attached hydrogen (secondary N) is 1. The summed E-state index contributed by atoms with van der Waals surface area (Å²) in [5.41, 5.74) is -0.404. The van der Waals surface area contributed by atoms with Crippen molar-refractivity contribution in [2.24, 2.45) is 0 Å². The van der Waals surface area contributed by atoms with E-state index in [4.69, 9.17) is 4.74 Å². The third-order valence-electron chi connectivity index (χ3n) is 4.54. The lowest BCUT2D eigenvalue weighted by Crippen LogP contribution is -2.23. The van der Waals surface area contributed by atoms with Crippen LogP contribution in [-0.4, -0.2) is 40.3 Å². The zero-order valence-corrected chi connectivity index (χ0v) is 15.3. The second kappa shape index (κ2) is 8.51. The van der Waals surface area contributed by atoms with Gasteiger partial charge in [0.25, 0.3) is 5.91 Å². The first-order valence-electron chi connectivity index (χ1n) is 8.82. The van der Waals surface area contributed by atoms with Gasteiger partial charge in [0.1, 0.15) is 5.82 Å². The molecule has 0 bridgehead atoms. The number of nitrogens with zero attached hydrogens (tertiary/aromatic N) is 3. The van der Waals surface area contributed by atoms with Crippen molar-refractivity contribution in [3.05, 3.63) is 46.1 Å². The monoisotopic (exact) mass is 388 g/mol. The van der Waals surface area contributed by atoms with Crippen molar-refractivity contribution in [1.29, 1.82) is 0 Å². The molecule has 1 N–H and O–H groups in total. The number of benzene rings is 1. The lowest BCUT2D eigenvalue weighted by atomic mass is 10.2. The summed E-state index contributed by atoms with van der Waals surface area (Å²) < 4.78 is 11.6. The van der Waals surface area contributed by atoms with Crippen LogP contribution in [0.15, 0.2) is 30.5 Å². The van der Waals surface area contributed by atoms with Crippen LogP contribution in [-0.2, 0) is 9.53 Å². The van der Waals surface area contributed by atoms with Gasteiger partial charge in [0.05, 0.1) is 29.8 Å². The molecule has 0 unspecified atom stereocenters. The average Bonchev–Trinajstić information content (AvgIpc) is 3.37. The molecular formula is C18H20N4O6. The Balaban J connectivity index is 1.65. The van der Waals surface area contributed by atoms with Gasteiger partial charge in [-0.3, -0.25) is 14.9 Å². The predicted octanol–water partition coefficient (Wildman–Crippen LogP) is 2.71. The summed E-state index contributed by atoms with van der Waals surface area (Å²) in [5, 5.41) is 18.2. The molecule has 2 aromatic rings. The molecule has 1 fully saturated rings. The van der Waals surface area contributed by atoms with Crippen molar-refractivity contribution >= 4 is 23.4 Å². The van der Waals surface area contributed by atoms with Crippen molar-refractivity contribution in [3.8, 4) is 5.75 Å². The van der Waals surface area contributed by atoms with Crippen LogP contribution in [0.1, 0.15) is 42.1 Å². The fourth-order valence-corrected chi connectivity index (χ4v) is 3.20. The summed E-state index contributed by atoms with van der Waals surface area (Å²) in [7, 11) is 1.18. The van der Waals surface area contributed by atoms with Crippen LogP contribution >= 0.6 is 0 Å². The lowest BCUT2D eigenvalue weighted by Gasteiger charge is -2.14. The van der Waals surface area contributed by atoms with Gasteiger partial charge in [0.15, 0.2) is 12.4 Å². The second-order valence-corrected chi connectivity index (χ2v) is 6.37. The smallest absolute Gasteiger partial charge is 0.338 e. The number of hydrogen-bond donors (Lipinski definition) is 1. The summed E-state index contributed by atoms with van der Waals surface area (Å²) in [5.74, 6) is -0.716. The number of ether oxygens (including phenoxy) is 2. The molecule has 0 radical (unpaired) electrons. The van der Waals surface area contributed by atoms with Crippen LogP contribution in [0.4, 0.5) is 11.5 Å². The minimum absolute atomic E-state index is 0.0199. The normalized spacial score (nSPS) is 13.9. The Bertz CT molecular complexity index is 888. The van der Waals surface area contributed by atoms with Crippen molar-refractivity contribution in [2.45, 2.75) is 31.7 Å². The maximum atomic E-state index is 12.2. The summed E-state index contributed by atoms with van der Waals surface area (Å²) in [4.78, 5) is 34.3. The van der Waals surface area contributed by atoms with E-state index in [-0.39, 0.29) is 17.4 Å². The van der Waals surface area contributed by atoms with Crippen LogP contribution in [0, 0.1) is 10.1 Å². The Morgan fingerprint density at radius 2 is 2.07 bits per heavy atom. The van der Waals surface area contributed by atoms with Gasteiger partial charge < -0.3 is 14.8 Å². The molecule has 1 aromatic carbocycles. The van der Waals surface area contributed by atoms with Crippen LogP contribution < -0.4 is 10.1 Å². The highest BCUT2D eigenvalue weighted by atomic mass is 16.6. The van der Waals surface area contributed by atoms with Crippen molar-refractivity contribution in [3.63, 3.8) is 0 Å². The number of methoxy groups -OCH3 is 1. The number of hydrogen-bond acceptors (Lipinski definition) is 7. The molecule has 148 valence electrons. The van der Waals surface area contributed by atoms with Crippen LogP contribution in [0.25, 0.3) is 0 Å². The maximum absolute atomic E-state index is 12.2. The summed E-state index contributed by atoms with van der Waals surface area (Å²) >= 11 is 0. The van der Waals surface area contributed by atoms with E-state index in [0.29, 0.717) is 5.82 Å². The molecule has 1 aliphatic carbocycles. The van der Waals surface area contributed by atoms with Crippen LogP contribution in [0.5, 0.6) is 5.75 Å². The topological polar surface area (TPSA) is 126 Å². The zero-order chi connectivity index (χ0) is 20.1. The molecule has 28 heavy (non-hydrogen) atoms. The van der Waals surface area contributed by atoms with Gasteiger partial charge in [0, 0.05) is 12.1 Å². The van der Waals surface area contributed by atoms with Gasteiger partial charge in [-0.05, 0) is 25.0 Å². The molecule has 0 aliphatic heterocycles. The second-order valence-electron chi connectivity index (χ2n) is 6.37. The minimum Gasteiger partial charge on any atom is -0.477 e. The van der Waals surface area contributed by atoms with Gasteiger partial charge in [-0.15, -0.1) is 0 Å². The van der Waals surface area contributed by atoms with E-state index in [1.54, 1.807) is 16.9 Å². The summed E-state index contributed by atoms with van der Waals surface area (Å²) in [6, 6.07) is 5.61. The number of nitro benzene ring substituents is 1. The van der Waals surface area contributed by atoms with E-state index in [1.165, 1.54) is 19.2 Å². The van der Waals surface area contributed by atoms with Gasteiger partial charge in [-0.2, -0.15) is 5.10 Å². The first-order chi connectivity index (χ1) is 13.5. The molecule has 1 heterocycles. The molecule has 10 heteroatoms. The molecule has 0 spiro atoms. The average molecular weight is 388 g/mol. The van der Waals surface area contributed by atoms with Crippen molar-refractivity contribution in [2.75, 3.05) is 19.0 Å². The fraction of sp³-hybridized carbons (Fsp3) is 0.389. The molecule has 1 aliphatic rings. The van der Waals surface area contributed by atoms with Crippen molar-refractivity contribution in [1.82, 2.24) is 9.78 Å². The lowest BCUT2D eigenvalue weighted by molar-refractivity contribution is -0.385. The quantitative estimate of drug-likeness (QED) is 0.439. The highest BCUT2D eigenvalue weighted by molar-refractivity contribution is 5.92. The first-order valence-corrected chi connectivity index (χ1v) is 8.82. The number of aromatic nitrogens is 2.